The SMILES string of the molecule is CC(c1ccccc1F)N(C)Cc1nc(NN)ccc1Cl. The van der Waals surface area contributed by atoms with Crippen molar-refractivity contribution < 1.29 is 4.39 Å². The third-order valence-corrected chi connectivity index (χ3v) is 3.83. The molecular weight excluding hydrogens is 291 g/mol. The summed E-state index contributed by atoms with van der Waals surface area (Å²) in [6, 6.07) is 10.1. The van der Waals surface area contributed by atoms with Crippen molar-refractivity contribution in [3.8, 4) is 0 Å². The number of benzene rings is 1. The zero-order chi connectivity index (χ0) is 15.4. The Labute approximate surface area is 128 Å². The highest BCUT2D eigenvalue weighted by molar-refractivity contribution is 6.31. The van der Waals surface area contributed by atoms with Gasteiger partial charge in [0.05, 0.1) is 10.7 Å². The largest absolute Gasteiger partial charge is 0.308 e. The van der Waals surface area contributed by atoms with Gasteiger partial charge < -0.3 is 5.43 Å². The normalized spacial score (nSPS) is 12.5. The highest BCUT2D eigenvalue weighted by Crippen LogP contribution is 2.25. The zero-order valence-electron chi connectivity index (χ0n) is 12.0. The van der Waals surface area contributed by atoms with Crippen LogP contribution in [0.5, 0.6) is 0 Å². The molecule has 1 aromatic heterocycles. The van der Waals surface area contributed by atoms with Gasteiger partial charge in [0.25, 0.3) is 0 Å². The van der Waals surface area contributed by atoms with Gasteiger partial charge in [-0.1, -0.05) is 29.8 Å². The van der Waals surface area contributed by atoms with Gasteiger partial charge in [0, 0.05) is 18.2 Å². The number of hydrazine groups is 1. The molecule has 0 spiro atoms. The molecule has 0 saturated carbocycles. The van der Waals surface area contributed by atoms with E-state index in [0.29, 0.717) is 28.6 Å². The van der Waals surface area contributed by atoms with E-state index < -0.39 is 0 Å². The summed E-state index contributed by atoms with van der Waals surface area (Å²) < 4.78 is 13.8. The second kappa shape index (κ2) is 6.85. The minimum absolute atomic E-state index is 0.0986. The monoisotopic (exact) mass is 308 g/mol. The Hall–Kier alpha value is -1.69. The van der Waals surface area contributed by atoms with E-state index in [1.165, 1.54) is 6.07 Å². The molecule has 21 heavy (non-hydrogen) atoms. The lowest BCUT2D eigenvalue weighted by Crippen LogP contribution is -2.23. The molecule has 4 nitrogen and oxygen atoms in total. The number of rotatable bonds is 5. The van der Waals surface area contributed by atoms with E-state index >= 15 is 0 Å². The highest BCUT2D eigenvalue weighted by Gasteiger charge is 2.17. The first-order chi connectivity index (χ1) is 10.0. The molecule has 2 rings (SSSR count). The third kappa shape index (κ3) is 3.69. The van der Waals surface area contributed by atoms with E-state index in [-0.39, 0.29) is 11.9 Å². The summed E-state index contributed by atoms with van der Waals surface area (Å²) in [4.78, 5) is 6.30. The summed E-state index contributed by atoms with van der Waals surface area (Å²) in [5, 5.41) is 0.557. The molecule has 0 aliphatic heterocycles. The van der Waals surface area contributed by atoms with Crippen LogP contribution in [-0.4, -0.2) is 16.9 Å². The maximum absolute atomic E-state index is 13.8. The van der Waals surface area contributed by atoms with Crippen LogP contribution in [0.1, 0.15) is 24.2 Å². The fraction of sp³-hybridized carbons (Fsp3) is 0.267. The van der Waals surface area contributed by atoms with Crippen LogP contribution in [0.25, 0.3) is 0 Å². The number of nitrogens with zero attached hydrogens (tertiary/aromatic N) is 2. The molecule has 0 aliphatic rings. The predicted molar refractivity (Wildman–Crippen MR) is 83.3 cm³/mol. The van der Waals surface area contributed by atoms with Crippen LogP contribution >= 0.6 is 11.6 Å². The Morgan fingerprint density at radius 3 is 2.71 bits per heavy atom. The molecule has 0 radical (unpaired) electrons. The van der Waals surface area contributed by atoms with E-state index in [0.717, 1.165) is 0 Å². The lowest BCUT2D eigenvalue weighted by molar-refractivity contribution is 0.245. The third-order valence-electron chi connectivity index (χ3n) is 3.48. The Morgan fingerprint density at radius 1 is 1.33 bits per heavy atom. The first-order valence-corrected chi connectivity index (χ1v) is 6.97. The van der Waals surface area contributed by atoms with Crippen molar-refractivity contribution in [2.45, 2.75) is 19.5 Å². The maximum Gasteiger partial charge on any atom is 0.140 e. The summed E-state index contributed by atoms with van der Waals surface area (Å²) in [6.07, 6.45) is 0. The predicted octanol–water partition coefficient (Wildman–Crippen LogP) is 3.35. The molecule has 2 aromatic rings. The molecule has 6 heteroatoms. The quantitative estimate of drug-likeness (QED) is 0.657. The lowest BCUT2D eigenvalue weighted by Gasteiger charge is -2.25. The fourth-order valence-corrected chi connectivity index (χ4v) is 2.27. The van der Waals surface area contributed by atoms with Crippen LogP contribution in [0.15, 0.2) is 36.4 Å². The first-order valence-electron chi connectivity index (χ1n) is 6.59. The van der Waals surface area contributed by atoms with Crippen molar-refractivity contribution in [2.75, 3.05) is 12.5 Å². The van der Waals surface area contributed by atoms with Crippen molar-refractivity contribution >= 4 is 17.4 Å². The molecular formula is C15H18ClFN4. The number of halogens is 2. The Kier molecular flexibility index (Phi) is 5.12. The molecule has 3 N–H and O–H groups in total. The molecule has 1 aromatic carbocycles. The van der Waals surface area contributed by atoms with Crippen LogP contribution in [0.3, 0.4) is 0 Å². The topological polar surface area (TPSA) is 54.2 Å². The molecule has 1 heterocycles. The van der Waals surface area contributed by atoms with Crippen molar-refractivity contribution in [3.05, 3.63) is 58.5 Å². The van der Waals surface area contributed by atoms with Crippen LogP contribution in [0.4, 0.5) is 10.2 Å². The summed E-state index contributed by atoms with van der Waals surface area (Å²) in [6.45, 7) is 2.43. The van der Waals surface area contributed by atoms with E-state index in [4.69, 9.17) is 17.4 Å². The van der Waals surface area contributed by atoms with Gasteiger partial charge in [-0.2, -0.15) is 0 Å². The number of anilines is 1. The number of nitrogens with one attached hydrogen (secondary N) is 1. The van der Waals surface area contributed by atoms with Crippen molar-refractivity contribution in [1.82, 2.24) is 9.88 Å². The van der Waals surface area contributed by atoms with Gasteiger partial charge in [0.2, 0.25) is 0 Å². The van der Waals surface area contributed by atoms with E-state index in [9.17, 15) is 4.39 Å². The minimum Gasteiger partial charge on any atom is -0.308 e. The van der Waals surface area contributed by atoms with Crippen molar-refractivity contribution in [2.24, 2.45) is 5.84 Å². The number of hydrogen-bond donors (Lipinski definition) is 2. The summed E-state index contributed by atoms with van der Waals surface area (Å²) in [5.74, 6) is 5.68. The number of nitrogens with two attached hydrogens (primary N) is 1. The van der Waals surface area contributed by atoms with Crippen molar-refractivity contribution in [3.63, 3.8) is 0 Å². The van der Waals surface area contributed by atoms with Gasteiger partial charge in [-0.25, -0.2) is 15.2 Å². The summed E-state index contributed by atoms with van der Waals surface area (Å²) >= 11 is 6.15. The molecule has 0 saturated heterocycles. The standard InChI is InChI=1S/C15H18ClFN4/c1-10(11-5-3-4-6-13(11)17)21(2)9-14-12(16)7-8-15(19-14)20-18/h3-8,10H,9,18H2,1-2H3,(H,19,20). The second-order valence-corrected chi connectivity index (χ2v) is 5.29. The Bertz CT molecular complexity index is 620. The molecule has 0 fully saturated rings. The van der Waals surface area contributed by atoms with Gasteiger partial charge >= 0.3 is 0 Å². The average molecular weight is 309 g/mol. The minimum atomic E-state index is -0.215. The smallest absolute Gasteiger partial charge is 0.140 e. The number of aromatic nitrogens is 1. The first kappa shape index (κ1) is 15.7. The van der Waals surface area contributed by atoms with Gasteiger partial charge in [-0.05, 0) is 32.2 Å². The fourth-order valence-electron chi connectivity index (χ4n) is 2.10. The molecule has 0 amide bonds. The van der Waals surface area contributed by atoms with Crippen LogP contribution in [0.2, 0.25) is 5.02 Å². The lowest BCUT2D eigenvalue weighted by atomic mass is 10.1. The van der Waals surface area contributed by atoms with Crippen LogP contribution in [0, 0.1) is 5.82 Å². The molecule has 1 unspecified atom stereocenters. The van der Waals surface area contributed by atoms with E-state index in [2.05, 4.69) is 10.4 Å². The van der Waals surface area contributed by atoms with Gasteiger partial charge in [0.15, 0.2) is 0 Å². The Morgan fingerprint density at radius 2 is 2.05 bits per heavy atom. The van der Waals surface area contributed by atoms with Gasteiger partial charge in [-0.3, -0.25) is 4.90 Å². The van der Waals surface area contributed by atoms with Gasteiger partial charge in [-0.15, -0.1) is 0 Å². The molecule has 112 valence electrons. The van der Waals surface area contributed by atoms with E-state index in [1.54, 1.807) is 24.3 Å². The summed E-state index contributed by atoms with van der Waals surface area (Å²) in [7, 11) is 1.90. The Balaban J connectivity index is 2.18. The van der Waals surface area contributed by atoms with Crippen molar-refractivity contribution in [1.29, 1.82) is 0 Å². The number of nitrogen functional groups attached to an aromatic ring is 1. The van der Waals surface area contributed by atoms with Crippen LogP contribution < -0.4 is 11.3 Å². The number of pyridine rings is 1. The maximum atomic E-state index is 13.8. The van der Waals surface area contributed by atoms with Crippen LogP contribution in [-0.2, 0) is 6.54 Å². The number of hydrogen-bond acceptors (Lipinski definition) is 4. The summed E-state index contributed by atoms with van der Waals surface area (Å²) in [5.41, 5.74) is 3.82. The second-order valence-electron chi connectivity index (χ2n) is 4.88. The average Bonchev–Trinajstić information content (AvgIpc) is 2.49. The van der Waals surface area contributed by atoms with Gasteiger partial charge in [0.1, 0.15) is 11.6 Å². The zero-order valence-corrected chi connectivity index (χ0v) is 12.7. The molecule has 0 bridgehead atoms. The molecule has 0 aliphatic carbocycles. The highest BCUT2D eigenvalue weighted by atomic mass is 35.5. The molecule has 1 atom stereocenters. The van der Waals surface area contributed by atoms with E-state index in [1.807, 2.05) is 24.9 Å².